The van der Waals surface area contributed by atoms with E-state index in [2.05, 4.69) is 16.2 Å². The summed E-state index contributed by atoms with van der Waals surface area (Å²) in [5, 5.41) is 4.87. The van der Waals surface area contributed by atoms with Crippen molar-refractivity contribution in [2.24, 2.45) is 0 Å². The van der Waals surface area contributed by atoms with E-state index >= 15 is 0 Å². The second-order valence-electron chi connectivity index (χ2n) is 4.75. The zero-order valence-electron chi connectivity index (χ0n) is 10.3. The highest BCUT2D eigenvalue weighted by molar-refractivity contribution is 6.32. The van der Waals surface area contributed by atoms with E-state index in [-0.39, 0.29) is 4.87 Å². The van der Waals surface area contributed by atoms with Crippen LogP contribution < -0.4 is 0 Å². The lowest BCUT2D eigenvalue weighted by atomic mass is 10.1. The number of hydrogen-bond donors (Lipinski definition) is 0. The van der Waals surface area contributed by atoms with Crippen LogP contribution in [-0.2, 0) is 6.54 Å². The molecule has 0 unspecified atom stereocenters. The van der Waals surface area contributed by atoms with Crippen molar-refractivity contribution in [3.8, 4) is 0 Å². The second-order valence-corrected chi connectivity index (χ2v) is 5.88. The Morgan fingerprint density at radius 2 is 2.16 bits per heavy atom. The first-order valence-corrected chi connectivity index (χ1v) is 6.90. The van der Waals surface area contributed by atoms with Gasteiger partial charge in [0.1, 0.15) is 12.7 Å². The van der Waals surface area contributed by atoms with Gasteiger partial charge in [0.2, 0.25) is 0 Å². The van der Waals surface area contributed by atoms with Gasteiger partial charge >= 0.3 is 0 Å². The average Bonchev–Trinajstić information content (AvgIpc) is 2.95. The average molecular weight is 294 g/mol. The molecular weight excluding hydrogens is 281 g/mol. The maximum absolute atomic E-state index is 6.56. The summed E-state index contributed by atoms with van der Waals surface area (Å²) in [6.07, 6.45) is 7.30. The van der Waals surface area contributed by atoms with Crippen molar-refractivity contribution < 1.29 is 0 Å². The third-order valence-electron chi connectivity index (χ3n) is 3.30. The highest BCUT2D eigenvalue weighted by atomic mass is 35.5. The van der Waals surface area contributed by atoms with Crippen molar-refractivity contribution in [2.45, 2.75) is 24.3 Å². The fourth-order valence-electron chi connectivity index (χ4n) is 2.02. The van der Waals surface area contributed by atoms with Crippen LogP contribution in [0.15, 0.2) is 42.5 Å². The standard InChI is InChI=1S/C14H13Cl2N3/c15-13-4-2-1-3-11(13)7-12(14(16)5-6-14)8-19-10-17-9-18-19/h1-4,7,9-10H,5-6,8H2. The van der Waals surface area contributed by atoms with E-state index in [0.717, 1.165) is 29.0 Å². The predicted octanol–water partition coefficient (Wildman–Crippen LogP) is 3.79. The zero-order chi connectivity index (χ0) is 13.3. The van der Waals surface area contributed by atoms with Crippen molar-refractivity contribution in [1.29, 1.82) is 0 Å². The molecule has 0 amide bonds. The van der Waals surface area contributed by atoms with Crippen LogP contribution in [0.25, 0.3) is 6.08 Å². The van der Waals surface area contributed by atoms with Crippen molar-refractivity contribution >= 4 is 29.3 Å². The fourth-order valence-corrected chi connectivity index (χ4v) is 2.42. The van der Waals surface area contributed by atoms with Crippen LogP contribution in [0.2, 0.25) is 5.02 Å². The molecule has 0 spiro atoms. The van der Waals surface area contributed by atoms with E-state index in [0.29, 0.717) is 6.54 Å². The van der Waals surface area contributed by atoms with E-state index in [1.807, 2.05) is 24.3 Å². The Bertz CT molecular complexity index is 601. The summed E-state index contributed by atoms with van der Waals surface area (Å²) in [4.78, 5) is 3.73. The number of hydrogen-bond acceptors (Lipinski definition) is 2. The van der Waals surface area contributed by atoms with Gasteiger partial charge in [0.05, 0.1) is 11.4 Å². The van der Waals surface area contributed by atoms with Crippen molar-refractivity contribution in [1.82, 2.24) is 14.8 Å². The Morgan fingerprint density at radius 1 is 1.37 bits per heavy atom. The SMILES string of the molecule is Clc1ccccc1C=C(Cn1cncn1)C1(Cl)CC1. The third-order valence-corrected chi connectivity index (χ3v) is 4.26. The topological polar surface area (TPSA) is 30.7 Å². The Kier molecular flexibility index (Phi) is 3.33. The number of halogens is 2. The molecule has 3 nitrogen and oxygen atoms in total. The molecule has 19 heavy (non-hydrogen) atoms. The number of allylic oxidation sites excluding steroid dienone is 1. The molecule has 0 bridgehead atoms. The summed E-state index contributed by atoms with van der Waals surface area (Å²) in [6, 6.07) is 7.77. The van der Waals surface area contributed by atoms with E-state index in [1.165, 1.54) is 6.33 Å². The van der Waals surface area contributed by atoms with Gasteiger partial charge in [0, 0.05) is 5.02 Å². The van der Waals surface area contributed by atoms with Gasteiger partial charge in [-0.1, -0.05) is 35.9 Å². The van der Waals surface area contributed by atoms with Crippen molar-refractivity contribution in [3.63, 3.8) is 0 Å². The van der Waals surface area contributed by atoms with Gasteiger partial charge in [-0.15, -0.1) is 11.6 Å². The number of benzene rings is 1. The molecule has 1 aliphatic carbocycles. The van der Waals surface area contributed by atoms with Gasteiger partial charge in [0.15, 0.2) is 0 Å². The molecular formula is C14H13Cl2N3. The Labute approximate surface area is 121 Å². The first kappa shape index (κ1) is 12.7. The largest absolute Gasteiger partial charge is 0.249 e. The molecule has 5 heteroatoms. The summed E-state index contributed by atoms with van der Waals surface area (Å²) in [5.41, 5.74) is 2.12. The fraction of sp³-hybridized carbons (Fsp3) is 0.286. The minimum atomic E-state index is -0.231. The Balaban J connectivity index is 1.93. The first-order valence-electron chi connectivity index (χ1n) is 6.14. The summed E-state index contributed by atoms with van der Waals surface area (Å²) >= 11 is 12.8. The maximum Gasteiger partial charge on any atom is 0.137 e. The molecule has 0 aliphatic heterocycles. The molecule has 1 saturated carbocycles. The van der Waals surface area contributed by atoms with Gasteiger partial charge < -0.3 is 0 Å². The molecule has 1 aliphatic rings. The van der Waals surface area contributed by atoms with Crippen molar-refractivity contribution in [3.05, 3.63) is 53.1 Å². The lowest BCUT2D eigenvalue weighted by Crippen LogP contribution is -2.11. The minimum Gasteiger partial charge on any atom is -0.249 e. The number of aromatic nitrogens is 3. The highest BCUT2D eigenvalue weighted by Crippen LogP contribution is 2.49. The van der Waals surface area contributed by atoms with Gasteiger partial charge in [-0.25, -0.2) is 9.67 Å². The van der Waals surface area contributed by atoms with E-state index in [4.69, 9.17) is 23.2 Å². The van der Waals surface area contributed by atoms with Crippen LogP contribution in [-0.4, -0.2) is 19.6 Å². The smallest absolute Gasteiger partial charge is 0.137 e. The molecule has 1 aromatic heterocycles. The first-order chi connectivity index (χ1) is 9.17. The molecule has 0 N–H and O–H groups in total. The summed E-state index contributed by atoms with van der Waals surface area (Å²) in [6.45, 7) is 0.648. The van der Waals surface area contributed by atoms with Crippen LogP contribution in [0, 0.1) is 0 Å². The molecule has 3 rings (SSSR count). The van der Waals surface area contributed by atoms with E-state index in [1.54, 1.807) is 11.0 Å². The van der Waals surface area contributed by atoms with E-state index < -0.39 is 0 Å². The number of nitrogens with zero attached hydrogens (tertiary/aromatic N) is 3. The van der Waals surface area contributed by atoms with Crippen LogP contribution in [0.4, 0.5) is 0 Å². The molecule has 1 heterocycles. The quantitative estimate of drug-likeness (QED) is 0.803. The van der Waals surface area contributed by atoms with Crippen LogP contribution in [0.1, 0.15) is 18.4 Å². The Hall–Kier alpha value is -1.32. The van der Waals surface area contributed by atoms with Gasteiger partial charge in [0.25, 0.3) is 0 Å². The molecule has 0 atom stereocenters. The molecule has 0 saturated heterocycles. The molecule has 1 fully saturated rings. The van der Waals surface area contributed by atoms with Gasteiger partial charge in [-0.2, -0.15) is 5.10 Å². The lowest BCUT2D eigenvalue weighted by molar-refractivity contribution is 0.658. The molecule has 1 aromatic carbocycles. The third kappa shape index (κ3) is 2.82. The zero-order valence-corrected chi connectivity index (χ0v) is 11.8. The normalized spacial score (nSPS) is 17.5. The van der Waals surface area contributed by atoms with Crippen LogP contribution in [0.3, 0.4) is 0 Å². The molecule has 2 aromatic rings. The van der Waals surface area contributed by atoms with Gasteiger partial charge in [-0.3, -0.25) is 0 Å². The molecule has 98 valence electrons. The molecule has 0 radical (unpaired) electrons. The Morgan fingerprint density at radius 3 is 2.79 bits per heavy atom. The number of rotatable bonds is 4. The maximum atomic E-state index is 6.56. The lowest BCUT2D eigenvalue weighted by Gasteiger charge is -2.13. The second kappa shape index (κ2) is 4.99. The predicted molar refractivity (Wildman–Crippen MR) is 77.3 cm³/mol. The van der Waals surface area contributed by atoms with Gasteiger partial charge in [-0.05, 0) is 30.0 Å². The highest BCUT2D eigenvalue weighted by Gasteiger charge is 2.44. The van der Waals surface area contributed by atoms with E-state index in [9.17, 15) is 0 Å². The minimum absolute atomic E-state index is 0.231. The van der Waals surface area contributed by atoms with Crippen LogP contribution >= 0.6 is 23.2 Å². The summed E-state index contributed by atoms with van der Waals surface area (Å²) in [5.74, 6) is 0. The summed E-state index contributed by atoms with van der Waals surface area (Å²) < 4.78 is 1.78. The van der Waals surface area contributed by atoms with Crippen molar-refractivity contribution in [2.75, 3.05) is 0 Å². The monoisotopic (exact) mass is 293 g/mol. The number of alkyl halides is 1. The summed E-state index contributed by atoms with van der Waals surface area (Å²) in [7, 11) is 0. The van der Waals surface area contributed by atoms with Crippen LogP contribution in [0.5, 0.6) is 0 Å².